The third-order valence-corrected chi connectivity index (χ3v) is 5.48. The maximum absolute atomic E-state index is 12.6. The van der Waals surface area contributed by atoms with E-state index in [1.165, 1.54) is 5.56 Å². The molecule has 0 unspecified atom stereocenters. The molecular formula is C23H24N4O2S. The molecule has 0 atom stereocenters. The molecule has 4 rings (SSSR count). The van der Waals surface area contributed by atoms with Crippen LogP contribution in [0.2, 0.25) is 0 Å². The summed E-state index contributed by atoms with van der Waals surface area (Å²) in [6.07, 6.45) is 0.728. The Morgan fingerprint density at radius 1 is 1.17 bits per heavy atom. The van der Waals surface area contributed by atoms with Gasteiger partial charge in [0, 0.05) is 30.8 Å². The van der Waals surface area contributed by atoms with Gasteiger partial charge >= 0.3 is 5.97 Å². The summed E-state index contributed by atoms with van der Waals surface area (Å²) in [7, 11) is 0. The Labute approximate surface area is 181 Å². The topological polar surface area (TPSA) is 59.4 Å². The van der Waals surface area contributed by atoms with E-state index in [0.717, 1.165) is 35.6 Å². The number of fused-ring (bicyclic) bond motifs is 1. The quantitative estimate of drug-likeness (QED) is 0.506. The van der Waals surface area contributed by atoms with Crippen molar-refractivity contribution in [1.82, 2.24) is 14.7 Å². The second-order valence-corrected chi connectivity index (χ2v) is 7.60. The molecule has 0 spiro atoms. The van der Waals surface area contributed by atoms with E-state index in [0.29, 0.717) is 24.0 Å². The lowest BCUT2D eigenvalue weighted by Crippen LogP contribution is -2.39. The number of rotatable bonds is 4. The molecule has 0 amide bonds. The number of anilines is 1. The highest BCUT2D eigenvalue weighted by Crippen LogP contribution is 2.27. The lowest BCUT2D eigenvalue weighted by molar-refractivity contribution is 0.0517. The van der Waals surface area contributed by atoms with E-state index >= 15 is 0 Å². The number of hydrogen-bond donors (Lipinski definition) is 1. The molecule has 154 valence electrons. The van der Waals surface area contributed by atoms with Crippen LogP contribution >= 0.6 is 12.2 Å². The summed E-state index contributed by atoms with van der Waals surface area (Å²) < 4.78 is 7.14. The number of aryl methyl sites for hydroxylation is 1. The fourth-order valence-electron chi connectivity index (χ4n) is 3.58. The van der Waals surface area contributed by atoms with Gasteiger partial charge in [-0.25, -0.2) is 9.48 Å². The number of nitrogens with one attached hydrogen (secondary N) is 1. The van der Waals surface area contributed by atoms with Crippen LogP contribution in [0.25, 0.3) is 5.69 Å². The van der Waals surface area contributed by atoms with Crippen LogP contribution in [0.15, 0.2) is 54.6 Å². The number of benzene rings is 2. The van der Waals surface area contributed by atoms with Crippen LogP contribution in [0.5, 0.6) is 0 Å². The molecule has 1 aromatic heterocycles. The van der Waals surface area contributed by atoms with Crippen molar-refractivity contribution in [2.75, 3.05) is 18.5 Å². The summed E-state index contributed by atoms with van der Waals surface area (Å²) in [5, 5.41) is 8.54. The van der Waals surface area contributed by atoms with Crippen LogP contribution in [-0.2, 0) is 17.7 Å². The maximum atomic E-state index is 12.6. The molecule has 0 radical (unpaired) electrons. The number of carbonyl (C=O) groups is 1. The SMILES string of the molecule is CCOC(=O)c1nn(-c2ccc(C)cc2)c2c1CN(C(=S)Nc1ccccc1)CC2. The van der Waals surface area contributed by atoms with Crippen molar-refractivity contribution in [2.24, 2.45) is 0 Å². The number of esters is 1. The minimum Gasteiger partial charge on any atom is -0.461 e. The first kappa shape index (κ1) is 20.1. The number of thiocarbonyl (C=S) groups is 1. The van der Waals surface area contributed by atoms with Crippen LogP contribution in [0.3, 0.4) is 0 Å². The molecular weight excluding hydrogens is 396 g/mol. The number of aromatic nitrogens is 2. The molecule has 0 saturated carbocycles. The number of carbonyl (C=O) groups excluding carboxylic acids is 1. The van der Waals surface area contributed by atoms with E-state index in [2.05, 4.69) is 15.3 Å². The van der Waals surface area contributed by atoms with Crippen molar-refractivity contribution in [2.45, 2.75) is 26.8 Å². The largest absolute Gasteiger partial charge is 0.461 e. The van der Waals surface area contributed by atoms with Crippen molar-refractivity contribution in [3.8, 4) is 5.69 Å². The summed E-state index contributed by atoms with van der Waals surface area (Å²) in [6.45, 7) is 5.40. The first-order valence-corrected chi connectivity index (χ1v) is 10.4. The van der Waals surface area contributed by atoms with E-state index < -0.39 is 5.97 Å². The molecule has 1 N–H and O–H groups in total. The highest BCUT2D eigenvalue weighted by Gasteiger charge is 2.30. The highest BCUT2D eigenvalue weighted by atomic mass is 32.1. The highest BCUT2D eigenvalue weighted by molar-refractivity contribution is 7.80. The number of hydrogen-bond acceptors (Lipinski definition) is 4. The first-order valence-electron chi connectivity index (χ1n) is 10.0. The molecule has 2 heterocycles. The van der Waals surface area contributed by atoms with E-state index in [-0.39, 0.29) is 0 Å². The van der Waals surface area contributed by atoms with Crippen molar-refractivity contribution < 1.29 is 9.53 Å². The van der Waals surface area contributed by atoms with E-state index in [4.69, 9.17) is 17.0 Å². The molecule has 1 aliphatic rings. The Balaban J connectivity index is 1.65. The number of ether oxygens (including phenoxy) is 1. The number of para-hydroxylation sites is 1. The smallest absolute Gasteiger partial charge is 0.359 e. The molecule has 2 aromatic carbocycles. The molecule has 0 bridgehead atoms. The second kappa shape index (κ2) is 8.67. The first-order chi connectivity index (χ1) is 14.6. The average Bonchev–Trinajstić information content (AvgIpc) is 3.14. The molecule has 0 aliphatic carbocycles. The van der Waals surface area contributed by atoms with Gasteiger partial charge in [-0.2, -0.15) is 5.10 Å². The predicted molar refractivity (Wildman–Crippen MR) is 121 cm³/mol. The van der Waals surface area contributed by atoms with Crippen LogP contribution in [0, 0.1) is 6.92 Å². The summed E-state index contributed by atoms with van der Waals surface area (Å²) in [5.74, 6) is -0.400. The Hall–Kier alpha value is -3.19. The Kier molecular flexibility index (Phi) is 5.81. The minimum atomic E-state index is -0.400. The van der Waals surface area contributed by atoms with Crippen molar-refractivity contribution in [3.05, 3.63) is 77.1 Å². The van der Waals surface area contributed by atoms with Gasteiger partial charge in [0.15, 0.2) is 10.8 Å². The third-order valence-electron chi connectivity index (χ3n) is 5.12. The maximum Gasteiger partial charge on any atom is 0.359 e. The Morgan fingerprint density at radius 2 is 1.90 bits per heavy atom. The van der Waals surface area contributed by atoms with Gasteiger partial charge in [0.25, 0.3) is 0 Å². The van der Waals surface area contributed by atoms with Crippen LogP contribution in [-0.4, -0.2) is 38.9 Å². The van der Waals surface area contributed by atoms with Gasteiger partial charge in [0.2, 0.25) is 0 Å². The molecule has 0 fully saturated rings. The zero-order valence-corrected chi connectivity index (χ0v) is 17.9. The molecule has 30 heavy (non-hydrogen) atoms. The van der Waals surface area contributed by atoms with E-state index in [9.17, 15) is 4.79 Å². The van der Waals surface area contributed by atoms with Gasteiger partial charge in [-0.1, -0.05) is 35.9 Å². The van der Waals surface area contributed by atoms with Gasteiger partial charge in [-0.3, -0.25) is 0 Å². The average molecular weight is 421 g/mol. The summed E-state index contributed by atoms with van der Waals surface area (Å²) in [5.41, 5.74) is 5.31. The zero-order valence-electron chi connectivity index (χ0n) is 17.1. The normalized spacial score (nSPS) is 12.9. The fraction of sp³-hybridized carbons (Fsp3) is 0.261. The molecule has 1 aliphatic heterocycles. The Bertz CT molecular complexity index is 1060. The summed E-state index contributed by atoms with van der Waals surface area (Å²) >= 11 is 5.63. The van der Waals surface area contributed by atoms with Gasteiger partial charge < -0.3 is 15.0 Å². The van der Waals surface area contributed by atoms with Crippen molar-refractivity contribution in [1.29, 1.82) is 0 Å². The van der Waals surface area contributed by atoms with E-state index in [1.807, 2.05) is 66.2 Å². The Morgan fingerprint density at radius 3 is 2.60 bits per heavy atom. The van der Waals surface area contributed by atoms with Crippen LogP contribution < -0.4 is 5.32 Å². The molecule has 7 heteroatoms. The molecule has 0 saturated heterocycles. The zero-order chi connectivity index (χ0) is 21.1. The van der Waals surface area contributed by atoms with Gasteiger partial charge in [0.05, 0.1) is 18.0 Å². The standard InChI is InChI=1S/C23H24N4O2S/c1-3-29-22(28)21-19-15-26(23(30)24-17-7-5-4-6-8-17)14-13-20(19)27(25-21)18-11-9-16(2)10-12-18/h4-12H,3,13-15H2,1-2H3,(H,24,30). The van der Waals surface area contributed by atoms with Gasteiger partial charge in [-0.05, 0) is 50.3 Å². The molecule has 3 aromatic rings. The predicted octanol–water partition coefficient (Wildman–Crippen LogP) is 4.11. The van der Waals surface area contributed by atoms with Gasteiger partial charge in [0.1, 0.15) is 0 Å². The monoisotopic (exact) mass is 420 g/mol. The van der Waals surface area contributed by atoms with Crippen LogP contribution in [0.1, 0.15) is 34.2 Å². The summed E-state index contributed by atoms with van der Waals surface area (Å²) in [4.78, 5) is 14.7. The summed E-state index contributed by atoms with van der Waals surface area (Å²) in [6, 6.07) is 18.0. The minimum absolute atomic E-state index is 0.308. The van der Waals surface area contributed by atoms with Crippen LogP contribution in [0.4, 0.5) is 5.69 Å². The lowest BCUT2D eigenvalue weighted by Gasteiger charge is -2.30. The molecule has 6 nitrogen and oxygen atoms in total. The van der Waals surface area contributed by atoms with Gasteiger partial charge in [-0.15, -0.1) is 0 Å². The van der Waals surface area contributed by atoms with Crippen molar-refractivity contribution >= 4 is 29.0 Å². The van der Waals surface area contributed by atoms with Crippen molar-refractivity contribution in [3.63, 3.8) is 0 Å². The lowest BCUT2D eigenvalue weighted by atomic mass is 10.0. The fourth-order valence-corrected chi connectivity index (χ4v) is 3.85. The second-order valence-electron chi connectivity index (χ2n) is 7.21. The van der Waals surface area contributed by atoms with E-state index in [1.54, 1.807) is 6.92 Å². The number of nitrogens with zero attached hydrogens (tertiary/aromatic N) is 3. The third kappa shape index (κ3) is 4.07.